The third-order valence-corrected chi connectivity index (χ3v) is 15.2. The minimum Gasteiger partial charge on any atom is -0.456 e. The first kappa shape index (κ1) is 42.4. The molecule has 0 saturated carbocycles. The number of furan rings is 1. The van der Waals surface area contributed by atoms with Crippen molar-refractivity contribution in [3.05, 3.63) is 307 Å². The van der Waals surface area contributed by atoms with E-state index in [-0.39, 0.29) is 0 Å². The van der Waals surface area contributed by atoms with Gasteiger partial charge in [0.05, 0.1) is 5.41 Å². The molecule has 0 amide bonds. The van der Waals surface area contributed by atoms with Crippen LogP contribution in [0.15, 0.2) is 290 Å². The topological polar surface area (TPSA) is 16.4 Å². The van der Waals surface area contributed by atoms with E-state index in [0.717, 1.165) is 61.3 Å². The SMILES string of the molecule is c1ccc(C2(c3ccccc3)c3ccccc3-c3ccc(-c4ccc(N(c5ccc(-c6cccc7oc8ccccc8c67)cc5)c5cccc(-c6cccc(-c7cccc8ccccc78)c6)c5)cc4)cc32)cc1. The van der Waals surface area contributed by atoms with Crippen molar-refractivity contribution < 1.29 is 4.42 Å². The van der Waals surface area contributed by atoms with Crippen LogP contribution in [0.2, 0.25) is 0 Å². The number of hydrogen-bond acceptors (Lipinski definition) is 2. The maximum atomic E-state index is 6.31. The lowest BCUT2D eigenvalue weighted by Crippen LogP contribution is -2.28. The van der Waals surface area contributed by atoms with E-state index < -0.39 is 5.41 Å². The molecular weight excluding hydrogens is 883 g/mol. The zero-order valence-electron chi connectivity index (χ0n) is 40.0. The van der Waals surface area contributed by atoms with Gasteiger partial charge in [0.25, 0.3) is 0 Å². The zero-order chi connectivity index (χ0) is 48.3. The van der Waals surface area contributed by atoms with Crippen LogP contribution >= 0.6 is 0 Å². The highest BCUT2D eigenvalue weighted by Gasteiger charge is 2.46. The smallest absolute Gasteiger partial charge is 0.136 e. The maximum absolute atomic E-state index is 6.31. The molecule has 0 N–H and O–H groups in total. The maximum Gasteiger partial charge on any atom is 0.136 e. The van der Waals surface area contributed by atoms with Gasteiger partial charge in [-0.1, -0.05) is 224 Å². The molecule has 0 spiro atoms. The molecule has 12 aromatic carbocycles. The van der Waals surface area contributed by atoms with Crippen LogP contribution in [0.1, 0.15) is 22.3 Å². The Labute approximate surface area is 425 Å². The summed E-state index contributed by atoms with van der Waals surface area (Å²) < 4.78 is 6.31. The van der Waals surface area contributed by atoms with Gasteiger partial charge >= 0.3 is 0 Å². The Bertz CT molecular complexity index is 4140. The molecule has 342 valence electrons. The highest BCUT2D eigenvalue weighted by atomic mass is 16.3. The number of fused-ring (bicyclic) bond motifs is 7. The van der Waals surface area contributed by atoms with Crippen LogP contribution < -0.4 is 4.90 Å². The molecule has 0 aliphatic heterocycles. The fraction of sp³-hybridized carbons (Fsp3) is 0.0141. The van der Waals surface area contributed by atoms with Gasteiger partial charge in [-0.2, -0.15) is 0 Å². The fourth-order valence-corrected chi connectivity index (χ4v) is 11.8. The summed E-state index contributed by atoms with van der Waals surface area (Å²) >= 11 is 0. The van der Waals surface area contributed by atoms with Crippen LogP contribution in [-0.2, 0) is 5.41 Å². The van der Waals surface area contributed by atoms with E-state index in [9.17, 15) is 0 Å². The van der Waals surface area contributed by atoms with Crippen LogP contribution in [0, 0.1) is 0 Å². The van der Waals surface area contributed by atoms with Crippen molar-refractivity contribution in [2.24, 2.45) is 0 Å². The summed E-state index contributed by atoms with van der Waals surface area (Å²) in [6.07, 6.45) is 0. The molecule has 13 aromatic rings. The number of anilines is 3. The van der Waals surface area contributed by atoms with Crippen LogP contribution in [0.3, 0.4) is 0 Å². The van der Waals surface area contributed by atoms with Gasteiger partial charge in [0.1, 0.15) is 11.2 Å². The van der Waals surface area contributed by atoms with Gasteiger partial charge in [0.15, 0.2) is 0 Å². The summed E-state index contributed by atoms with van der Waals surface area (Å²) in [5.41, 5.74) is 21.6. The predicted molar refractivity (Wildman–Crippen MR) is 305 cm³/mol. The summed E-state index contributed by atoms with van der Waals surface area (Å²) in [5.74, 6) is 0. The van der Waals surface area contributed by atoms with Crippen LogP contribution in [0.4, 0.5) is 17.1 Å². The van der Waals surface area contributed by atoms with E-state index in [1.54, 1.807) is 0 Å². The van der Waals surface area contributed by atoms with Crippen molar-refractivity contribution in [2.75, 3.05) is 4.90 Å². The third kappa shape index (κ3) is 7.02. The van der Waals surface area contributed by atoms with Gasteiger partial charge in [-0.3, -0.25) is 0 Å². The second kappa shape index (κ2) is 17.4. The first-order chi connectivity index (χ1) is 36.2. The Hall–Kier alpha value is -9.50. The molecule has 0 saturated heterocycles. The largest absolute Gasteiger partial charge is 0.456 e. The standard InChI is InChI=1S/C71H47NO/c1-3-22-55(23-4-1)71(56-24-5-2-6-25-56)66-32-11-9-28-63(66)64-44-39-53(47-67(64)71)48-35-40-57(41-36-48)72(58-42-37-50(38-43-58)62-31-16-34-69-70(62)65-29-10-12-33-68(65)73-69)59-26-14-20-52(46-59)51-19-13-21-54(45-51)61-30-15-18-49-17-7-8-27-60(49)61/h1-47H. The summed E-state index contributed by atoms with van der Waals surface area (Å²) in [6.45, 7) is 0. The average Bonchev–Trinajstić information content (AvgIpc) is 4.00. The molecule has 1 aliphatic carbocycles. The lowest BCUT2D eigenvalue weighted by molar-refractivity contribution is 0.669. The normalized spacial score (nSPS) is 12.5. The number of rotatable bonds is 9. The predicted octanol–water partition coefficient (Wildman–Crippen LogP) is 19.2. The minimum atomic E-state index is -0.469. The second-order valence-corrected chi connectivity index (χ2v) is 19.2. The van der Waals surface area contributed by atoms with Crippen molar-refractivity contribution in [2.45, 2.75) is 5.41 Å². The summed E-state index contributed by atoms with van der Waals surface area (Å²) in [6, 6.07) is 104. The first-order valence-electron chi connectivity index (χ1n) is 25.1. The highest BCUT2D eigenvalue weighted by Crippen LogP contribution is 2.57. The van der Waals surface area contributed by atoms with Gasteiger partial charge in [0.2, 0.25) is 0 Å². The summed E-state index contributed by atoms with van der Waals surface area (Å²) in [4.78, 5) is 2.38. The van der Waals surface area contributed by atoms with Gasteiger partial charge in [-0.05, 0) is 149 Å². The zero-order valence-corrected chi connectivity index (χ0v) is 40.0. The van der Waals surface area contributed by atoms with Gasteiger partial charge in [-0.15, -0.1) is 0 Å². The number of nitrogens with zero attached hydrogens (tertiary/aromatic N) is 1. The molecule has 2 heteroatoms. The molecule has 1 aliphatic rings. The molecule has 73 heavy (non-hydrogen) atoms. The number of benzene rings is 12. The molecule has 1 heterocycles. The Kier molecular flexibility index (Phi) is 10.1. The second-order valence-electron chi connectivity index (χ2n) is 19.2. The number of hydrogen-bond donors (Lipinski definition) is 0. The summed E-state index contributed by atoms with van der Waals surface area (Å²) in [5, 5.41) is 4.75. The average molecular weight is 930 g/mol. The van der Waals surface area contributed by atoms with Crippen molar-refractivity contribution in [3.63, 3.8) is 0 Å². The van der Waals surface area contributed by atoms with Crippen molar-refractivity contribution in [3.8, 4) is 55.6 Å². The Morgan fingerprint density at radius 1 is 0.274 bits per heavy atom. The third-order valence-electron chi connectivity index (χ3n) is 15.2. The number of para-hydroxylation sites is 1. The monoisotopic (exact) mass is 929 g/mol. The molecule has 14 rings (SSSR count). The van der Waals surface area contributed by atoms with Crippen molar-refractivity contribution >= 4 is 49.8 Å². The molecule has 2 nitrogen and oxygen atoms in total. The van der Waals surface area contributed by atoms with Crippen molar-refractivity contribution in [1.82, 2.24) is 0 Å². The Morgan fingerprint density at radius 2 is 0.795 bits per heavy atom. The summed E-state index contributed by atoms with van der Waals surface area (Å²) in [7, 11) is 0. The molecule has 0 fully saturated rings. The van der Waals surface area contributed by atoms with E-state index in [4.69, 9.17) is 4.42 Å². The lowest BCUT2D eigenvalue weighted by Gasteiger charge is -2.34. The highest BCUT2D eigenvalue weighted by molar-refractivity contribution is 6.12. The van der Waals surface area contributed by atoms with E-state index in [0.29, 0.717) is 0 Å². The molecular formula is C71H47NO. The minimum absolute atomic E-state index is 0.469. The quantitative estimate of drug-likeness (QED) is 0.143. The van der Waals surface area contributed by atoms with Crippen molar-refractivity contribution in [1.29, 1.82) is 0 Å². The van der Waals surface area contributed by atoms with E-state index in [1.165, 1.54) is 66.4 Å². The fourth-order valence-electron chi connectivity index (χ4n) is 11.8. The van der Waals surface area contributed by atoms with E-state index in [1.807, 2.05) is 12.1 Å². The van der Waals surface area contributed by atoms with E-state index in [2.05, 4.69) is 278 Å². The Balaban J connectivity index is 0.882. The lowest BCUT2D eigenvalue weighted by atomic mass is 9.67. The molecule has 1 aromatic heterocycles. The molecule has 0 atom stereocenters. The molecule has 0 unspecified atom stereocenters. The van der Waals surface area contributed by atoms with Crippen LogP contribution in [0.25, 0.3) is 88.3 Å². The molecule has 0 bridgehead atoms. The Morgan fingerprint density at radius 3 is 1.58 bits per heavy atom. The molecule has 0 radical (unpaired) electrons. The van der Waals surface area contributed by atoms with Gasteiger partial charge < -0.3 is 9.32 Å². The first-order valence-corrected chi connectivity index (χ1v) is 25.1. The van der Waals surface area contributed by atoms with E-state index >= 15 is 0 Å². The van der Waals surface area contributed by atoms with Crippen LogP contribution in [-0.4, -0.2) is 0 Å². The van der Waals surface area contributed by atoms with Crippen LogP contribution in [0.5, 0.6) is 0 Å². The van der Waals surface area contributed by atoms with Gasteiger partial charge in [-0.25, -0.2) is 0 Å². The van der Waals surface area contributed by atoms with Gasteiger partial charge in [0, 0.05) is 27.8 Å².